The number of hydrogen-bond acceptors (Lipinski definition) is 4. The second-order valence-corrected chi connectivity index (χ2v) is 8.71. The quantitative estimate of drug-likeness (QED) is 0.801. The van der Waals surface area contributed by atoms with Gasteiger partial charge in [-0.3, -0.25) is 14.7 Å². The minimum Gasteiger partial charge on any atom is -0.376 e. The first-order valence-corrected chi connectivity index (χ1v) is 10.2. The smallest absolute Gasteiger partial charge is 0.275 e. The lowest BCUT2D eigenvalue weighted by atomic mass is 9.77. The summed E-state index contributed by atoms with van der Waals surface area (Å²) in [5, 5.41) is 10.3. The van der Waals surface area contributed by atoms with Crippen molar-refractivity contribution < 1.29 is 14.3 Å². The second kappa shape index (κ2) is 7.43. The number of ether oxygens (including phenoxy) is 1. The van der Waals surface area contributed by atoms with Gasteiger partial charge in [-0.15, -0.1) is 0 Å². The molecule has 0 radical (unpaired) electrons. The number of H-pyrrole nitrogens is 1. The van der Waals surface area contributed by atoms with Crippen molar-refractivity contribution in [2.75, 3.05) is 19.7 Å². The van der Waals surface area contributed by atoms with Gasteiger partial charge in [-0.2, -0.15) is 5.10 Å². The number of carbonyl (C=O) groups is 2. The summed E-state index contributed by atoms with van der Waals surface area (Å²) in [7, 11) is 0. The Morgan fingerprint density at radius 3 is 2.59 bits per heavy atom. The van der Waals surface area contributed by atoms with Gasteiger partial charge in [0.15, 0.2) is 5.69 Å². The van der Waals surface area contributed by atoms with E-state index < -0.39 is 0 Å². The number of halogens is 1. The monoisotopic (exact) mass is 394 g/mol. The van der Waals surface area contributed by atoms with E-state index in [1.54, 1.807) is 13.8 Å². The topological polar surface area (TPSA) is 87.3 Å². The molecule has 0 bridgehead atoms. The molecule has 2 heterocycles. The molecule has 1 aromatic heterocycles. The molecule has 2 amide bonds. The van der Waals surface area contributed by atoms with Crippen LogP contribution < -0.4 is 5.32 Å². The molecule has 3 aliphatic rings. The third-order valence-electron chi connectivity index (χ3n) is 6.11. The number of aryl methyl sites for hydroxylation is 1. The van der Waals surface area contributed by atoms with E-state index >= 15 is 0 Å². The molecule has 148 valence electrons. The summed E-state index contributed by atoms with van der Waals surface area (Å²) < 4.78 is 6.17. The molecule has 2 saturated carbocycles. The summed E-state index contributed by atoms with van der Waals surface area (Å²) in [6.45, 7) is 5.51. The van der Waals surface area contributed by atoms with E-state index in [9.17, 15) is 9.59 Å². The Labute approximate surface area is 164 Å². The number of likely N-dealkylation sites (tertiary alicyclic amines) is 1. The Morgan fingerprint density at radius 2 is 2.00 bits per heavy atom. The van der Waals surface area contributed by atoms with Gasteiger partial charge in [-0.05, 0) is 50.4 Å². The van der Waals surface area contributed by atoms with Gasteiger partial charge in [0.1, 0.15) is 0 Å². The highest BCUT2D eigenvalue weighted by Crippen LogP contribution is 2.39. The summed E-state index contributed by atoms with van der Waals surface area (Å²) in [5.74, 6) is 1.30. The minimum atomic E-state index is -0.120. The van der Waals surface area contributed by atoms with Gasteiger partial charge in [0.25, 0.3) is 5.91 Å². The highest BCUT2D eigenvalue weighted by molar-refractivity contribution is 6.34. The van der Waals surface area contributed by atoms with E-state index in [2.05, 4.69) is 15.5 Å². The average Bonchev–Trinajstić information content (AvgIpc) is 3.27. The van der Waals surface area contributed by atoms with Crippen LogP contribution in [0, 0.1) is 24.7 Å². The predicted molar refractivity (Wildman–Crippen MR) is 101 cm³/mol. The van der Waals surface area contributed by atoms with Gasteiger partial charge in [0, 0.05) is 26.6 Å². The van der Waals surface area contributed by atoms with Crippen molar-refractivity contribution in [1.29, 1.82) is 0 Å². The molecule has 7 nitrogen and oxygen atoms in total. The number of fused-ring (bicyclic) bond motifs is 1. The number of aromatic nitrogens is 2. The van der Waals surface area contributed by atoms with Crippen molar-refractivity contribution in [2.24, 2.45) is 17.8 Å². The summed E-state index contributed by atoms with van der Waals surface area (Å²) in [6, 6.07) is 0.0220. The Balaban J connectivity index is 1.43. The van der Waals surface area contributed by atoms with E-state index in [1.165, 1.54) is 12.8 Å². The maximum atomic E-state index is 12.8. The minimum absolute atomic E-state index is 0.0220. The van der Waals surface area contributed by atoms with Gasteiger partial charge >= 0.3 is 0 Å². The molecular weight excluding hydrogens is 368 g/mol. The number of nitrogens with one attached hydrogen (secondary N) is 2. The number of aromatic amines is 1. The fraction of sp³-hybridized carbons (Fsp3) is 0.737. The molecule has 27 heavy (non-hydrogen) atoms. The number of rotatable bonds is 5. The molecule has 1 aliphatic heterocycles. The number of carbonyl (C=O) groups excluding carboxylic acids is 2. The van der Waals surface area contributed by atoms with E-state index in [1.807, 2.05) is 4.90 Å². The zero-order valence-corrected chi connectivity index (χ0v) is 16.6. The van der Waals surface area contributed by atoms with Gasteiger partial charge in [-0.1, -0.05) is 11.6 Å². The van der Waals surface area contributed by atoms with Crippen molar-refractivity contribution in [3.8, 4) is 0 Å². The van der Waals surface area contributed by atoms with E-state index in [-0.39, 0.29) is 24.0 Å². The standard InChI is InChI=1S/C19H27ClN4O3/c1-10-17(20)18(23-22-10)19(26)24-7-13-5-15(21-11(2)25)16(6-14(13)8-24)27-9-12-3-4-12/h12-16H,3-9H2,1-2H3,(H,21,25)(H,22,23)/t13-,14+,15-,16-/m1/s1. The Morgan fingerprint density at radius 1 is 1.30 bits per heavy atom. The van der Waals surface area contributed by atoms with Crippen LogP contribution in [0.15, 0.2) is 0 Å². The van der Waals surface area contributed by atoms with Gasteiger partial charge < -0.3 is 15.0 Å². The Bertz CT molecular complexity index is 733. The molecule has 1 saturated heterocycles. The third kappa shape index (κ3) is 3.99. The lowest BCUT2D eigenvalue weighted by Gasteiger charge is -2.38. The van der Waals surface area contributed by atoms with Crippen LogP contribution >= 0.6 is 11.6 Å². The van der Waals surface area contributed by atoms with Crippen LogP contribution in [0.3, 0.4) is 0 Å². The number of nitrogens with zero attached hydrogens (tertiary/aromatic N) is 2. The van der Waals surface area contributed by atoms with Crippen LogP contribution in [0.5, 0.6) is 0 Å². The first kappa shape index (κ1) is 18.7. The second-order valence-electron chi connectivity index (χ2n) is 8.34. The summed E-state index contributed by atoms with van der Waals surface area (Å²) >= 11 is 6.21. The van der Waals surface area contributed by atoms with Gasteiger partial charge in [-0.25, -0.2) is 0 Å². The van der Waals surface area contributed by atoms with Crippen molar-refractivity contribution in [3.63, 3.8) is 0 Å². The molecule has 4 atom stereocenters. The normalized spacial score (nSPS) is 30.3. The molecular formula is C19H27ClN4O3. The molecule has 0 unspecified atom stereocenters. The SMILES string of the molecule is CC(=O)N[C@@H]1C[C@@H]2CN(C(=O)c3n[nH]c(C)c3Cl)C[C@@H]2C[C@H]1OCC1CC1. The number of amides is 2. The van der Waals surface area contributed by atoms with Crippen LogP contribution in [-0.2, 0) is 9.53 Å². The Hall–Kier alpha value is -1.60. The molecule has 4 rings (SSSR count). The molecule has 2 N–H and O–H groups in total. The van der Waals surface area contributed by atoms with Crippen LogP contribution in [-0.4, -0.2) is 58.8 Å². The molecule has 2 aliphatic carbocycles. The fourth-order valence-corrected chi connectivity index (χ4v) is 4.59. The molecule has 8 heteroatoms. The molecule has 1 aromatic rings. The maximum absolute atomic E-state index is 12.8. The predicted octanol–water partition coefficient (Wildman–Crippen LogP) is 2.15. The van der Waals surface area contributed by atoms with Crippen molar-refractivity contribution >= 4 is 23.4 Å². The zero-order valence-electron chi connectivity index (χ0n) is 15.8. The van der Waals surface area contributed by atoms with Gasteiger partial charge in [0.2, 0.25) is 5.91 Å². The van der Waals surface area contributed by atoms with Crippen LogP contribution in [0.1, 0.15) is 48.8 Å². The van der Waals surface area contributed by atoms with E-state index in [4.69, 9.17) is 16.3 Å². The Kier molecular flexibility index (Phi) is 5.16. The van der Waals surface area contributed by atoms with Crippen LogP contribution in [0.25, 0.3) is 0 Å². The fourth-order valence-electron chi connectivity index (χ4n) is 4.43. The average molecular weight is 395 g/mol. The lowest BCUT2D eigenvalue weighted by molar-refractivity contribution is -0.122. The van der Waals surface area contributed by atoms with E-state index in [0.717, 1.165) is 19.4 Å². The summed E-state index contributed by atoms with van der Waals surface area (Å²) in [5.41, 5.74) is 1.00. The highest BCUT2D eigenvalue weighted by atomic mass is 35.5. The van der Waals surface area contributed by atoms with Crippen molar-refractivity contribution in [3.05, 3.63) is 16.4 Å². The third-order valence-corrected chi connectivity index (χ3v) is 6.57. The summed E-state index contributed by atoms with van der Waals surface area (Å²) in [4.78, 5) is 26.3. The molecule has 3 fully saturated rings. The maximum Gasteiger partial charge on any atom is 0.275 e. The van der Waals surface area contributed by atoms with Crippen LogP contribution in [0.4, 0.5) is 0 Å². The highest BCUT2D eigenvalue weighted by Gasteiger charge is 2.45. The van der Waals surface area contributed by atoms with Crippen molar-refractivity contribution in [2.45, 2.75) is 51.7 Å². The molecule has 0 spiro atoms. The first-order chi connectivity index (χ1) is 12.9. The largest absolute Gasteiger partial charge is 0.376 e. The summed E-state index contributed by atoms with van der Waals surface area (Å²) in [6.07, 6.45) is 4.24. The van der Waals surface area contributed by atoms with Gasteiger partial charge in [0.05, 0.1) is 22.9 Å². The zero-order chi connectivity index (χ0) is 19.1. The lowest BCUT2D eigenvalue weighted by Crippen LogP contribution is -2.50. The number of hydrogen-bond donors (Lipinski definition) is 2. The van der Waals surface area contributed by atoms with Crippen LogP contribution in [0.2, 0.25) is 5.02 Å². The first-order valence-electron chi connectivity index (χ1n) is 9.80. The van der Waals surface area contributed by atoms with E-state index in [0.29, 0.717) is 47.3 Å². The molecule has 0 aromatic carbocycles. The van der Waals surface area contributed by atoms with Crippen molar-refractivity contribution in [1.82, 2.24) is 20.4 Å².